The predicted molar refractivity (Wildman–Crippen MR) is 102 cm³/mol. The van der Waals surface area contributed by atoms with Crippen molar-refractivity contribution in [2.75, 3.05) is 6.54 Å². The van der Waals surface area contributed by atoms with Crippen molar-refractivity contribution < 1.29 is 9.84 Å². The first-order chi connectivity index (χ1) is 11.2. The maximum absolute atomic E-state index is 10.0. The van der Waals surface area contributed by atoms with Crippen LogP contribution in [0.15, 0.2) is 60.4 Å². The topological polar surface area (TPSA) is 55.5 Å². The summed E-state index contributed by atoms with van der Waals surface area (Å²) in [7, 11) is 0. The van der Waals surface area contributed by atoms with Crippen LogP contribution in [0.1, 0.15) is 47.5 Å². The molecule has 3 heteroatoms. The van der Waals surface area contributed by atoms with Gasteiger partial charge in [0.2, 0.25) is 0 Å². The molecule has 0 fully saturated rings. The molecule has 1 rings (SSSR count). The summed E-state index contributed by atoms with van der Waals surface area (Å²) in [4.78, 5) is 0. The first-order valence-corrected chi connectivity index (χ1v) is 8.59. The lowest BCUT2D eigenvalue weighted by Gasteiger charge is -2.26. The summed E-state index contributed by atoms with van der Waals surface area (Å²) in [5.74, 6) is 0.692. The fraction of sp³-hybridized carbons (Fsp3) is 0.500. The molecule has 0 amide bonds. The number of nitrogens with two attached hydrogens (primary N) is 1. The van der Waals surface area contributed by atoms with Gasteiger partial charge in [-0.3, -0.25) is 0 Å². The molecule has 0 bridgehead atoms. The van der Waals surface area contributed by atoms with Gasteiger partial charge in [0.15, 0.2) is 6.10 Å². The highest BCUT2D eigenvalue weighted by Crippen LogP contribution is 2.21. The van der Waals surface area contributed by atoms with E-state index in [1.165, 1.54) is 0 Å². The van der Waals surface area contributed by atoms with Gasteiger partial charge in [0.1, 0.15) is 11.9 Å². The molecule has 2 atom stereocenters. The Morgan fingerprint density at radius 2 is 2.00 bits per heavy atom. The molecule has 0 saturated carbocycles. The Morgan fingerprint density at radius 1 is 1.35 bits per heavy atom. The molecule has 0 aromatic carbocycles. The monoisotopic (exact) mass is 321 g/mol. The third kappa shape index (κ3) is 9.93. The molecule has 0 heterocycles. The molecular formula is C20H35NO2. The largest absolute Gasteiger partial charge is 0.483 e. The molecule has 0 unspecified atom stereocenters. The van der Waals surface area contributed by atoms with Gasteiger partial charge in [-0.2, -0.15) is 0 Å². The van der Waals surface area contributed by atoms with Crippen molar-refractivity contribution in [2.45, 2.75) is 59.7 Å². The van der Waals surface area contributed by atoms with Crippen LogP contribution >= 0.6 is 0 Å². The van der Waals surface area contributed by atoms with Crippen LogP contribution in [-0.2, 0) is 4.74 Å². The van der Waals surface area contributed by atoms with Crippen LogP contribution in [0.3, 0.4) is 0 Å². The lowest BCUT2D eigenvalue weighted by atomic mass is 9.98. The van der Waals surface area contributed by atoms with Gasteiger partial charge < -0.3 is 15.6 Å². The van der Waals surface area contributed by atoms with Crippen LogP contribution in [0.2, 0.25) is 0 Å². The van der Waals surface area contributed by atoms with Crippen LogP contribution in [0, 0.1) is 0 Å². The summed E-state index contributed by atoms with van der Waals surface area (Å²) in [6.07, 6.45) is 14.2. The minimum atomic E-state index is -0.721. The van der Waals surface area contributed by atoms with E-state index in [0.29, 0.717) is 5.76 Å². The maximum atomic E-state index is 10.0. The lowest BCUT2D eigenvalue weighted by Crippen LogP contribution is -2.36. The SMILES string of the molecule is C=C/C=C\C(=C/C)O[C@@H](C1=CCCC=C1)[C@@H](O)CN.CC.CC. The summed E-state index contributed by atoms with van der Waals surface area (Å²) in [6, 6.07) is 0. The fourth-order valence-electron chi connectivity index (χ4n) is 1.85. The van der Waals surface area contributed by atoms with Crippen LogP contribution in [0.25, 0.3) is 0 Å². The highest BCUT2D eigenvalue weighted by atomic mass is 16.5. The predicted octanol–water partition coefficient (Wildman–Crippen LogP) is 4.67. The standard InChI is InChI=1S/C16H23NO2.2C2H6/c1-3-5-11-14(4-2)19-16(15(18)12-17)13-9-7-6-8-10-13;2*1-2/h3-5,7,9-11,15-16,18H,1,6,8,12,17H2,2H3;2*1-2H3/b11-5-,14-4+;;/t15-,16-;;/m0../s1. The van der Waals surface area contributed by atoms with Crippen molar-refractivity contribution in [3.63, 3.8) is 0 Å². The van der Waals surface area contributed by atoms with E-state index >= 15 is 0 Å². The Balaban J connectivity index is 0. The van der Waals surface area contributed by atoms with E-state index in [2.05, 4.69) is 18.7 Å². The summed E-state index contributed by atoms with van der Waals surface area (Å²) in [5.41, 5.74) is 6.54. The zero-order chi connectivity index (χ0) is 18.1. The lowest BCUT2D eigenvalue weighted by molar-refractivity contribution is 0.0289. The van der Waals surface area contributed by atoms with Crippen LogP contribution < -0.4 is 5.73 Å². The Hall–Kier alpha value is -1.58. The molecule has 23 heavy (non-hydrogen) atoms. The van der Waals surface area contributed by atoms with Gasteiger partial charge in [-0.05, 0) is 37.5 Å². The van der Waals surface area contributed by atoms with Gasteiger partial charge in [0.25, 0.3) is 0 Å². The zero-order valence-corrected chi connectivity index (χ0v) is 15.5. The van der Waals surface area contributed by atoms with Crippen molar-refractivity contribution >= 4 is 0 Å². The second-order valence-electron chi connectivity index (χ2n) is 4.31. The normalized spacial score (nSPS) is 16.3. The third-order valence-corrected chi connectivity index (χ3v) is 2.89. The average molecular weight is 322 g/mol. The Labute approximate surface area is 142 Å². The smallest absolute Gasteiger partial charge is 0.150 e. The molecule has 3 nitrogen and oxygen atoms in total. The van der Waals surface area contributed by atoms with Crippen molar-refractivity contribution in [1.29, 1.82) is 0 Å². The first-order valence-electron chi connectivity index (χ1n) is 8.59. The number of ether oxygens (including phenoxy) is 1. The van der Waals surface area contributed by atoms with Crippen LogP contribution in [0.5, 0.6) is 0 Å². The van der Waals surface area contributed by atoms with Crippen molar-refractivity contribution in [3.8, 4) is 0 Å². The van der Waals surface area contributed by atoms with Crippen LogP contribution in [-0.4, -0.2) is 23.9 Å². The molecule has 132 valence electrons. The summed E-state index contributed by atoms with van der Waals surface area (Å²) in [5, 5.41) is 10.0. The number of hydrogen-bond acceptors (Lipinski definition) is 3. The molecule has 0 aromatic rings. The van der Waals surface area contributed by atoms with Crippen molar-refractivity contribution in [1.82, 2.24) is 0 Å². The zero-order valence-electron chi connectivity index (χ0n) is 15.5. The van der Waals surface area contributed by atoms with E-state index in [0.717, 1.165) is 18.4 Å². The molecule has 3 N–H and O–H groups in total. The number of hydrogen-bond donors (Lipinski definition) is 2. The molecule has 1 aliphatic carbocycles. The summed E-state index contributed by atoms with van der Waals surface area (Å²) < 4.78 is 5.87. The van der Waals surface area contributed by atoms with E-state index in [9.17, 15) is 5.11 Å². The van der Waals surface area contributed by atoms with Gasteiger partial charge in [-0.25, -0.2) is 0 Å². The number of aliphatic hydroxyl groups is 1. The minimum absolute atomic E-state index is 0.165. The summed E-state index contributed by atoms with van der Waals surface area (Å²) >= 11 is 0. The van der Waals surface area contributed by atoms with Gasteiger partial charge in [-0.15, -0.1) is 0 Å². The number of allylic oxidation sites excluding steroid dienone is 6. The van der Waals surface area contributed by atoms with Gasteiger partial charge in [0, 0.05) is 6.54 Å². The van der Waals surface area contributed by atoms with E-state index in [-0.39, 0.29) is 6.54 Å². The number of rotatable bonds is 7. The second-order valence-corrected chi connectivity index (χ2v) is 4.31. The van der Waals surface area contributed by atoms with E-state index in [4.69, 9.17) is 10.5 Å². The van der Waals surface area contributed by atoms with Gasteiger partial charge >= 0.3 is 0 Å². The highest BCUT2D eigenvalue weighted by molar-refractivity contribution is 5.29. The fourth-order valence-corrected chi connectivity index (χ4v) is 1.85. The molecule has 1 aliphatic rings. The molecule has 0 saturated heterocycles. The van der Waals surface area contributed by atoms with E-state index in [1.54, 1.807) is 12.2 Å². The quantitative estimate of drug-likeness (QED) is 0.529. The number of aliphatic hydroxyl groups excluding tert-OH is 1. The Morgan fingerprint density at radius 3 is 2.43 bits per heavy atom. The molecule has 0 aliphatic heterocycles. The first kappa shape index (κ1) is 23.7. The Bertz CT molecular complexity index is 406. The highest BCUT2D eigenvalue weighted by Gasteiger charge is 2.23. The molecule has 0 spiro atoms. The maximum Gasteiger partial charge on any atom is 0.150 e. The summed E-state index contributed by atoms with van der Waals surface area (Å²) in [6.45, 7) is 13.7. The Kier molecular flexibility index (Phi) is 17.3. The van der Waals surface area contributed by atoms with Crippen molar-refractivity contribution in [2.24, 2.45) is 5.73 Å². The molecule has 0 radical (unpaired) electrons. The van der Waals surface area contributed by atoms with Crippen LogP contribution in [0.4, 0.5) is 0 Å². The average Bonchev–Trinajstić information content (AvgIpc) is 2.65. The second kappa shape index (κ2) is 16.8. The molecular weight excluding hydrogens is 286 g/mol. The van der Waals surface area contributed by atoms with E-state index in [1.807, 2.05) is 52.8 Å². The third-order valence-electron chi connectivity index (χ3n) is 2.89. The minimum Gasteiger partial charge on any atom is -0.483 e. The van der Waals surface area contributed by atoms with Gasteiger partial charge in [-0.1, -0.05) is 64.7 Å². The van der Waals surface area contributed by atoms with Gasteiger partial charge in [0.05, 0.1) is 0 Å². The van der Waals surface area contributed by atoms with Crippen molar-refractivity contribution in [3.05, 3.63) is 60.4 Å². The van der Waals surface area contributed by atoms with E-state index < -0.39 is 12.2 Å². The molecule has 0 aromatic heterocycles.